The molecule has 1 aliphatic rings. The molecule has 1 saturated heterocycles. The topological polar surface area (TPSA) is 70.7 Å². The molecule has 6 nitrogen and oxygen atoms in total. The van der Waals surface area contributed by atoms with E-state index in [-0.39, 0.29) is 18.9 Å². The van der Waals surface area contributed by atoms with Gasteiger partial charge in [-0.1, -0.05) is 6.07 Å². The quantitative estimate of drug-likeness (QED) is 0.771. The highest BCUT2D eigenvalue weighted by atomic mass is 19.2. The Morgan fingerprint density at radius 3 is 2.88 bits per heavy atom. The first-order chi connectivity index (χ1) is 12.0. The van der Waals surface area contributed by atoms with Gasteiger partial charge in [-0.25, -0.2) is 13.3 Å². The molecule has 3 aromatic rings. The molecular weight excluding hydrogens is 330 g/mol. The number of carbonyl (C=O) groups is 1. The van der Waals surface area contributed by atoms with Crippen LogP contribution >= 0.6 is 0 Å². The summed E-state index contributed by atoms with van der Waals surface area (Å²) in [5.41, 5.74) is 1.33. The molecule has 1 aromatic carbocycles. The molecule has 0 saturated carbocycles. The number of benzene rings is 1. The zero-order chi connectivity index (χ0) is 17.6. The molecule has 2 atom stereocenters. The zero-order valence-electron chi connectivity index (χ0n) is 13.0. The van der Waals surface area contributed by atoms with E-state index in [9.17, 15) is 18.7 Å². The first-order valence-electron chi connectivity index (χ1n) is 7.76. The fourth-order valence-corrected chi connectivity index (χ4v) is 3.23. The van der Waals surface area contributed by atoms with E-state index in [1.807, 2.05) is 0 Å². The number of aromatic nitrogens is 3. The second kappa shape index (κ2) is 5.89. The Kier molecular flexibility index (Phi) is 3.69. The Bertz CT molecular complexity index is 959. The number of nitrogens with zero attached hydrogens (tertiary/aromatic N) is 4. The largest absolute Gasteiger partial charge is 0.391 e. The Hall–Kier alpha value is -2.87. The van der Waals surface area contributed by atoms with Crippen molar-refractivity contribution in [3.63, 3.8) is 0 Å². The second-order valence-electron chi connectivity index (χ2n) is 6.00. The van der Waals surface area contributed by atoms with Crippen molar-refractivity contribution in [2.24, 2.45) is 0 Å². The summed E-state index contributed by atoms with van der Waals surface area (Å²) in [4.78, 5) is 18.4. The lowest BCUT2D eigenvalue weighted by Crippen LogP contribution is -2.31. The summed E-state index contributed by atoms with van der Waals surface area (Å²) < 4.78 is 28.3. The van der Waals surface area contributed by atoms with Crippen molar-refractivity contribution in [2.75, 3.05) is 6.54 Å². The Morgan fingerprint density at radius 1 is 1.24 bits per heavy atom. The van der Waals surface area contributed by atoms with Crippen LogP contribution in [0.5, 0.6) is 0 Å². The fourth-order valence-electron chi connectivity index (χ4n) is 3.23. The van der Waals surface area contributed by atoms with E-state index in [2.05, 4.69) is 10.1 Å². The lowest BCUT2D eigenvalue weighted by atomic mass is 10.0. The van der Waals surface area contributed by atoms with Gasteiger partial charge in [0.25, 0.3) is 5.91 Å². The molecule has 8 heteroatoms. The summed E-state index contributed by atoms with van der Waals surface area (Å²) in [5, 5.41) is 14.1. The smallest absolute Gasteiger partial charge is 0.258 e. The van der Waals surface area contributed by atoms with E-state index in [0.29, 0.717) is 16.6 Å². The third kappa shape index (κ3) is 2.64. The van der Waals surface area contributed by atoms with E-state index in [4.69, 9.17) is 0 Å². The number of hydrogen-bond donors (Lipinski definition) is 1. The first kappa shape index (κ1) is 15.6. The van der Waals surface area contributed by atoms with Crippen molar-refractivity contribution < 1.29 is 18.7 Å². The van der Waals surface area contributed by atoms with Crippen LogP contribution in [0.3, 0.4) is 0 Å². The minimum atomic E-state index is -0.980. The van der Waals surface area contributed by atoms with Gasteiger partial charge < -0.3 is 10.0 Å². The van der Waals surface area contributed by atoms with Gasteiger partial charge in [-0.05, 0) is 24.1 Å². The van der Waals surface area contributed by atoms with E-state index in [0.717, 1.165) is 12.1 Å². The van der Waals surface area contributed by atoms with Crippen LogP contribution in [-0.2, 0) is 0 Å². The molecule has 0 unspecified atom stereocenters. The second-order valence-corrected chi connectivity index (χ2v) is 6.00. The van der Waals surface area contributed by atoms with Crippen LogP contribution in [0.15, 0.2) is 43.0 Å². The minimum Gasteiger partial charge on any atom is -0.391 e. The number of fused-ring (bicyclic) bond motifs is 1. The number of aliphatic hydroxyl groups excluding tert-OH is 1. The lowest BCUT2D eigenvalue weighted by Gasteiger charge is -2.24. The summed E-state index contributed by atoms with van der Waals surface area (Å²) in [6.45, 7) is 0.111. The van der Waals surface area contributed by atoms with Crippen molar-refractivity contribution in [3.8, 4) is 0 Å². The van der Waals surface area contributed by atoms with Gasteiger partial charge in [-0.2, -0.15) is 5.10 Å². The monoisotopic (exact) mass is 344 g/mol. The molecule has 128 valence electrons. The molecule has 3 heterocycles. The van der Waals surface area contributed by atoms with Crippen molar-refractivity contribution in [1.29, 1.82) is 0 Å². The number of β-amino-alcohol motifs (C(OH)–C–C–N with tert-alkyl or cyclic N) is 1. The van der Waals surface area contributed by atoms with Gasteiger partial charge in [0.1, 0.15) is 0 Å². The van der Waals surface area contributed by atoms with Crippen molar-refractivity contribution in [2.45, 2.75) is 18.6 Å². The third-order valence-corrected chi connectivity index (χ3v) is 4.42. The minimum absolute atomic E-state index is 0.111. The average Bonchev–Trinajstić information content (AvgIpc) is 3.20. The molecule has 1 amide bonds. The summed E-state index contributed by atoms with van der Waals surface area (Å²) in [5.74, 6) is -2.27. The highest BCUT2D eigenvalue weighted by Crippen LogP contribution is 2.34. The Morgan fingerprint density at radius 2 is 2.08 bits per heavy atom. The SMILES string of the molecule is O=C(c1cnn2ccncc12)N1C[C@H](O)C[C@H]1c1ccc(F)c(F)c1. The normalized spacial score (nSPS) is 20.4. The molecule has 4 rings (SSSR count). The van der Waals surface area contributed by atoms with Crippen LogP contribution in [0.25, 0.3) is 5.52 Å². The number of hydrogen-bond acceptors (Lipinski definition) is 4. The third-order valence-electron chi connectivity index (χ3n) is 4.42. The molecular formula is C17H14F2N4O2. The average molecular weight is 344 g/mol. The van der Waals surface area contributed by atoms with Crippen LogP contribution in [-0.4, -0.2) is 43.2 Å². The number of carbonyl (C=O) groups excluding carboxylic acids is 1. The van der Waals surface area contributed by atoms with E-state index >= 15 is 0 Å². The van der Waals surface area contributed by atoms with E-state index in [1.165, 1.54) is 27.9 Å². The summed E-state index contributed by atoms with van der Waals surface area (Å²) in [7, 11) is 0. The van der Waals surface area contributed by atoms with Crippen molar-refractivity contribution >= 4 is 11.4 Å². The highest BCUT2D eigenvalue weighted by Gasteiger charge is 2.37. The molecule has 0 aliphatic carbocycles. The van der Waals surface area contributed by atoms with Crippen molar-refractivity contribution in [3.05, 3.63) is 65.7 Å². The van der Waals surface area contributed by atoms with Crippen LogP contribution in [0.4, 0.5) is 8.78 Å². The van der Waals surface area contributed by atoms with E-state index in [1.54, 1.807) is 12.4 Å². The molecule has 2 aromatic heterocycles. The molecule has 1 N–H and O–H groups in total. The Balaban J connectivity index is 1.72. The molecule has 0 spiro atoms. The molecule has 0 radical (unpaired) electrons. The van der Waals surface area contributed by atoms with Crippen LogP contribution in [0.2, 0.25) is 0 Å². The predicted molar refractivity (Wildman–Crippen MR) is 83.7 cm³/mol. The Labute approximate surface area is 141 Å². The van der Waals surface area contributed by atoms with Gasteiger partial charge in [-0.15, -0.1) is 0 Å². The number of amides is 1. The number of aliphatic hydroxyl groups is 1. The van der Waals surface area contributed by atoms with Crippen LogP contribution in [0, 0.1) is 11.6 Å². The first-order valence-corrected chi connectivity index (χ1v) is 7.76. The molecule has 1 fully saturated rings. The van der Waals surface area contributed by atoms with E-state index < -0.39 is 23.8 Å². The van der Waals surface area contributed by atoms with Gasteiger partial charge in [0.05, 0.1) is 35.6 Å². The maximum Gasteiger partial charge on any atom is 0.258 e. The summed E-state index contributed by atoms with van der Waals surface area (Å²) in [6, 6.07) is 2.98. The maximum atomic E-state index is 13.6. The lowest BCUT2D eigenvalue weighted by molar-refractivity contribution is 0.0717. The molecule has 0 bridgehead atoms. The van der Waals surface area contributed by atoms with Crippen molar-refractivity contribution in [1.82, 2.24) is 19.5 Å². The summed E-state index contributed by atoms with van der Waals surface area (Å²) >= 11 is 0. The van der Waals surface area contributed by atoms with Gasteiger partial charge in [-0.3, -0.25) is 9.78 Å². The highest BCUT2D eigenvalue weighted by molar-refractivity contribution is 6.00. The van der Waals surface area contributed by atoms with Gasteiger partial charge >= 0.3 is 0 Å². The number of rotatable bonds is 2. The summed E-state index contributed by atoms with van der Waals surface area (Å²) in [6.07, 6.45) is 5.66. The predicted octanol–water partition coefficient (Wildman–Crippen LogP) is 1.96. The van der Waals surface area contributed by atoms with Gasteiger partial charge in [0, 0.05) is 18.9 Å². The van der Waals surface area contributed by atoms with Gasteiger partial charge in [0.2, 0.25) is 0 Å². The zero-order valence-corrected chi connectivity index (χ0v) is 13.0. The molecule has 1 aliphatic heterocycles. The van der Waals surface area contributed by atoms with Crippen LogP contribution in [0.1, 0.15) is 28.4 Å². The fraction of sp³-hybridized carbons (Fsp3) is 0.235. The number of likely N-dealkylation sites (tertiary alicyclic amines) is 1. The molecule has 25 heavy (non-hydrogen) atoms. The number of halogens is 2. The van der Waals surface area contributed by atoms with Crippen LogP contribution < -0.4 is 0 Å². The standard InChI is InChI=1S/C17H14F2N4O2/c18-13-2-1-10(5-14(13)19)15-6-11(24)9-22(15)17(25)12-7-21-23-4-3-20-8-16(12)23/h1-5,7-8,11,15,24H,6,9H2/t11-,15+/m1/s1. The van der Waals surface area contributed by atoms with Gasteiger partial charge in [0.15, 0.2) is 11.6 Å². The maximum absolute atomic E-state index is 13.6.